The van der Waals surface area contributed by atoms with E-state index in [0.717, 1.165) is 5.25 Å². The van der Waals surface area contributed by atoms with Crippen LogP contribution in [0.15, 0.2) is 47.4 Å². The average Bonchev–Trinajstić information content (AvgIpc) is 2.23. The Kier molecular flexibility index (Phi) is 3.30. The molecule has 0 amide bonds. The van der Waals surface area contributed by atoms with Crippen LogP contribution in [0.4, 0.5) is 0 Å². The Morgan fingerprint density at radius 1 is 1.07 bits per heavy atom. The van der Waals surface area contributed by atoms with Gasteiger partial charge in [0.05, 0.1) is 0 Å². The maximum Gasteiger partial charge on any atom is 0.0100 e. The SMILES string of the molecule is C=C1CCC(Sc2ccccc2)CC1. The fourth-order valence-corrected chi connectivity index (χ4v) is 2.98. The van der Waals surface area contributed by atoms with Crippen LogP contribution >= 0.6 is 11.8 Å². The van der Waals surface area contributed by atoms with Gasteiger partial charge in [0.2, 0.25) is 0 Å². The molecule has 2 rings (SSSR count). The molecule has 1 fully saturated rings. The zero-order chi connectivity index (χ0) is 9.80. The van der Waals surface area contributed by atoms with E-state index in [1.165, 1.54) is 36.2 Å². The Morgan fingerprint density at radius 2 is 1.71 bits per heavy atom. The van der Waals surface area contributed by atoms with Crippen molar-refractivity contribution in [2.24, 2.45) is 0 Å². The molecular weight excluding hydrogens is 188 g/mol. The smallest absolute Gasteiger partial charge is 0.0100 e. The molecule has 0 aliphatic heterocycles. The minimum Gasteiger partial charge on any atom is -0.123 e. The maximum absolute atomic E-state index is 4.05. The average molecular weight is 204 g/mol. The van der Waals surface area contributed by atoms with Gasteiger partial charge < -0.3 is 0 Å². The van der Waals surface area contributed by atoms with Crippen LogP contribution in [0.3, 0.4) is 0 Å². The van der Waals surface area contributed by atoms with Crippen molar-refractivity contribution >= 4 is 11.8 Å². The van der Waals surface area contributed by atoms with Crippen molar-refractivity contribution in [3.63, 3.8) is 0 Å². The zero-order valence-electron chi connectivity index (χ0n) is 8.41. The van der Waals surface area contributed by atoms with Crippen LogP contribution in [0.25, 0.3) is 0 Å². The third-order valence-electron chi connectivity index (χ3n) is 2.69. The first-order valence-corrected chi connectivity index (χ1v) is 6.11. The first kappa shape index (κ1) is 9.85. The quantitative estimate of drug-likeness (QED) is 0.648. The second kappa shape index (κ2) is 4.70. The van der Waals surface area contributed by atoms with E-state index in [0.29, 0.717) is 0 Å². The Labute approximate surface area is 90.4 Å². The number of allylic oxidation sites excluding steroid dienone is 1. The molecule has 74 valence electrons. The van der Waals surface area contributed by atoms with Crippen LogP contribution in [0.2, 0.25) is 0 Å². The summed E-state index contributed by atoms with van der Waals surface area (Å²) < 4.78 is 0. The lowest BCUT2D eigenvalue weighted by atomic mass is 9.96. The predicted molar refractivity (Wildman–Crippen MR) is 63.7 cm³/mol. The molecule has 0 nitrogen and oxygen atoms in total. The molecule has 14 heavy (non-hydrogen) atoms. The molecule has 0 heterocycles. The van der Waals surface area contributed by atoms with Gasteiger partial charge in [0.15, 0.2) is 0 Å². The minimum absolute atomic E-state index is 0.808. The van der Waals surface area contributed by atoms with Crippen molar-refractivity contribution in [2.45, 2.75) is 35.8 Å². The van der Waals surface area contributed by atoms with E-state index in [1.807, 2.05) is 11.8 Å². The van der Waals surface area contributed by atoms with E-state index >= 15 is 0 Å². The molecule has 0 unspecified atom stereocenters. The summed E-state index contributed by atoms with van der Waals surface area (Å²) in [6, 6.07) is 10.7. The molecule has 1 aromatic rings. The van der Waals surface area contributed by atoms with Crippen molar-refractivity contribution < 1.29 is 0 Å². The van der Waals surface area contributed by atoms with E-state index in [9.17, 15) is 0 Å². The van der Waals surface area contributed by atoms with Crippen LogP contribution in [0, 0.1) is 0 Å². The van der Waals surface area contributed by atoms with Crippen molar-refractivity contribution in [3.05, 3.63) is 42.5 Å². The molecule has 0 atom stereocenters. The van der Waals surface area contributed by atoms with Crippen molar-refractivity contribution in [3.8, 4) is 0 Å². The molecule has 0 bridgehead atoms. The van der Waals surface area contributed by atoms with Gasteiger partial charge in [0.1, 0.15) is 0 Å². The van der Waals surface area contributed by atoms with Gasteiger partial charge in [-0.3, -0.25) is 0 Å². The van der Waals surface area contributed by atoms with Crippen molar-refractivity contribution in [1.29, 1.82) is 0 Å². The van der Waals surface area contributed by atoms with E-state index in [4.69, 9.17) is 0 Å². The summed E-state index contributed by atoms with van der Waals surface area (Å²) in [5, 5.41) is 0.808. The summed E-state index contributed by atoms with van der Waals surface area (Å²) in [4.78, 5) is 1.41. The van der Waals surface area contributed by atoms with Gasteiger partial charge in [-0.25, -0.2) is 0 Å². The highest BCUT2D eigenvalue weighted by atomic mass is 32.2. The molecule has 0 saturated heterocycles. The van der Waals surface area contributed by atoms with Crippen molar-refractivity contribution in [2.75, 3.05) is 0 Å². The summed E-state index contributed by atoms with van der Waals surface area (Å²) in [5.41, 5.74) is 1.44. The van der Waals surface area contributed by atoms with Gasteiger partial charge in [0, 0.05) is 10.1 Å². The van der Waals surface area contributed by atoms with E-state index in [1.54, 1.807) is 0 Å². The van der Waals surface area contributed by atoms with Gasteiger partial charge >= 0.3 is 0 Å². The summed E-state index contributed by atoms with van der Waals surface area (Å²) >= 11 is 2.03. The summed E-state index contributed by atoms with van der Waals surface area (Å²) in [6.45, 7) is 4.05. The van der Waals surface area contributed by atoms with Gasteiger partial charge in [-0.1, -0.05) is 30.4 Å². The van der Waals surface area contributed by atoms with E-state index in [-0.39, 0.29) is 0 Å². The molecule has 1 saturated carbocycles. The number of thioether (sulfide) groups is 1. The van der Waals surface area contributed by atoms with Gasteiger partial charge in [-0.2, -0.15) is 0 Å². The summed E-state index contributed by atoms with van der Waals surface area (Å²) in [6.07, 6.45) is 5.06. The predicted octanol–water partition coefficient (Wildman–Crippen LogP) is 4.28. The summed E-state index contributed by atoms with van der Waals surface area (Å²) in [5.74, 6) is 0. The second-order valence-electron chi connectivity index (χ2n) is 3.88. The minimum atomic E-state index is 0.808. The number of rotatable bonds is 2. The molecule has 1 aliphatic carbocycles. The number of benzene rings is 1. The second-order valence-corrected chi connectivity index (χ2v) is 5.25. The first-order chi connectivity index (χ1) is 6.84. The van der Waals surface area contributed by atoms with Crippen LogP contribution in [-0.4, -0.2) is 5.25 Å². The largest absolute Gasteiger partial charge is 0.123 e. The third-order valence-corrected chi connectivity index (χ3v) is 4.03. The Morgan fingerprint density at radius 3 is 2.36 bits per heavy atom. The standard InChI is InChI=1S/C13H16S/c1-11-7-9-13(10-8-11)14-12-5-3-2-4-6-12/h2-6,13H,1,7-10H2. The van der Waals surface area contributed by atoms with Crippen LogP contribution < -0.4 is 0 Å². The monoisotopic (exact) mass is 204 g/mol. The Hall–Kier alpha value is -0.690. The third kappa shape index (κ3) is 2.65. The fraction of sp³-hybridized carbons (Fsp3) is 0.385. The topological polar surface area (TPSA) is 0 Å². The fourth-order valence-electron chi connectivity index (χ4n) is 1.81. The van der Waals surface area contributed by atoms with Gasteiger partial charge in [-0.15, -0.1) is 11.8 Å². The molecule has 0 radical (unpaired) electrons. The number of hydrogen-bond donors (Lipinski definition) is 0. The van der Waals surface area contributed by atoms with Gasteiger partial charge in [-0.05, 0) is 37.8 Å². The highest BCUT2D eigenvalue weighted by molar-refractivity contribution is 8.00. The lowest BCUT2D eigenvalue weighted by Gasteiger charge is -2.22. The zero-order valence-corrected chi connectivity index (χ0v) is 9.22. The normalized spacial score (nSPS) is 18.4. The molecule has 1 heteroatoms. The first-order valence-electron chi connectivity index (χ1n) is 5.23. The molecule has 0 N–H and O–H groups in total. The van der Waals surface area contributed by atoms with Crippen molar-refractivity contribution in [1.82, 2.24) is 0 Å². The Balaban J connectivity index is 1.89. The lowest BCUT2D eigenvalue weighted by molar-refractivity contribution is 0.616. The lowest BCUT2D eigenvalue weighted by Crippen LogP contribution is -2.09. The highest BCUT2D eigenvalue weighted by Crippen LogP contribution is 2.34. The molecule has 0 spiro atoms. The van der Waals surface area contributed by atoms with E-state index < -0.39 is 0 Å². The molecule has 1 aliphatic rings. The van der Waals surface area contributed by atoms with Gasteiger partial charge in [0.25, 0.3) is 0 Å². The number of hydrogen-bond acceptors (Lipinski definition) is 1. The summed E-state index contributed by atoms with van der Waals surface area (Å²) in [7, 11) is 0. The van der Waals surface area contributed by atoms with E-state index in [2.05, 4.69) is 36.9 Å². The van der Waals surface area contributed by atoms with Crippen LogP contribution in [-0.2, 0) is 0 Å². The van der Waals surface area contributed by atoms with Crippen LogP contribution in [0.5, 0.6) is 0 Å². The maximum atomic E-state index is 4.05. The molecule has 1 aromatic carbocycles. The highest BCUT2D eigenvalue weighted by Gasteiger charge is 2.16. The molecular formula is C13H16S. The Bertz CT molecular complexity index is 292. The van der Waals surface area contributed by atoms with Crippen LogP contribution in [0.1, 0.15) is 25.7 Å². The molecule has 0 aromatic heterocycles.